The Morgan fingerprint density at radius 3 is 2.72 bits per heavy atom. The Hall–Kier alpha value is -2.99. The quantitative estimate of drug-likeness (QED) is 0.740. The third-order valence-corrected chi connectivity index (χ3v) is 4.09. The summed E-state index contributed by atoms with van der Waals surface area (Å²) in [4.78, 5) is 28.3. The Morgan fingerprint density at radius 1 is 1.20 bits per heavy atom. The molecule has 3 rings (SSSR count). The molecule has 0 saturated heterocycles. The van der Waals surface area contributed by atoms with E-state index in [0.29, 0.717) is 11.0 Å². The van der Waals surface area contributed by atoms with Crippen LogP contribution in [0.1, 0.15) is 17.2 Å². The van der Waals surface area contributed by atoms with Gasteiger partial charge in [0.25, 0.3) is 5.56 Å². The molecule has 0 aliphatic carbocycles. The highest BCUT2D eigenvalue weighted by Gasteiger charge is 2.13. The van der Waals surface area contributed by atoms with Crippen molar-refractivity contribution in [2.24, 2.45) is 0 Å². The van der Waals surface area contributed by atoms with Crippen molar-refractivity contribution in [2.75, 3.05) is 6.54 Å². The van der Waals surface area contributed by atoms with Crippen molar-refractivity contribution in [3.8, 4) is 0 Å². The van der Waals surface area contributed by atoms with Gasteiger partial charge >= 0.3 is 0 Å². The van der Waals surface area contributed by atoms with Gasteiger partial charge in [0.15, 0.2) is 0 Å². The number of rotatable bonds is 5. The summed E-state index contributed by atoms with van der Waals surface area (Å²) in [6.45, 7) is 1.87. The predicted molar refractivity (Wildman–Crippen MR) is 95.2 cm³/mol. The molecule has 6 heteroatoms. The van der Waals surface area contributed by atoms with Crippen LogP contribution in [0, 0.1) is 6.92 Å². The van der Waals surface area contributed by atoms with E-state index in [2.05, 4.69) is 10.3 Å². The average molecular weight is 337 g/mol. The van der Waals surface area contributed by atoms with Crippen molar-refractivity contribution >= 4 is 16.9 Å². The van der Waals surface area contributed by atoms with E-state index in [4.69, 9.17) is 0 Å². The fraction of sp³-hybridized carbons (Fsp3) is 0.211. The summed E-state index contributed by atoms with van der Waals surface area (Å²) in [5.74, 6) is -0.342. The van der Waals surface area contributed by atoms with Gasteiger partial charge in [0.05, 0.1) is 23.3 Å². The fourth-order valence-electron chi connectivity index (χ4n) is 2.76. The largest absolute Gasteiger partial charge is 0.387 e. The summed E-state index contributed by atoms with van der Waals surface area (Å²) < 4.78 is 1.37. The number of aromatic nitrogens is 2. The minimum atomic E-state index is -0.795. The smallest absolute Gasteiger partial charge is 0.269 e. The lowest BCUT2D eigenvalue weighted by molar-refractivity contribution is -0.122. The molecule has 1 aromatic heterocycles. The highest BCUT2D eigenvalue weighted by Crippen LogP contribution is 2.16. The van der Waals surface area contributed by atoms with Crippen LogP contribution in [0.15, 0.2) is 59.5 Å². The molecule has 128 valence electrons. The Balaban J connectivity index is 1.71. The van der Waals surface area contributed by atoms with E-state index in [0.717, 1.165) is 11.1 Å². The lowest BCUT2D eigenvalue weighted by Crippen LogP contribution is -2.34. The highest BCUT2D eigenvalue weighted by molar-refractivity contribution is 5.79. The van der Waals surface area contributed by atoms with Crippen LogP contribution in [0.3, 0.4) is 0 Å². The third-order valence-electron chi connectivity index (χ3n) is 4.09. The second-order valence-electron chi connectivity index (χ2n) is 5.85. The molecule has 3 aromatic rings. The van der Waals surface area contributed by atoms with Crippen LogP contribution in [0.4, 0.5) is 0 Å². The zero-order chi connectivity index (χ0) is 17.8. The van der Waals surface area contributed by atoms with Gasteiger partial charge in [0.2, 0.25) is 5.91 Å². The van der Waals surface area contributed by atoms with Gasteiger partial charge in [-0.2, -0.15) is 0 Å². The van der Waals surface area contributed by atoms with Crippen molar-refractivity contribution < 1.29 is 9.90 Å². The Kier molecular flexibility index (Phi) is 4.90. The summed E-state index contributed by atoms with van der Waals surface area (Å²) in [6, 6.07) is 14.6. The number of fused-ring (bicyclic) bond motifs is 1. The van der Waals surface area contributed by atoms with Gasteiger partial charge in [-0.1, -0.05) is 36.4 Å². The van der Waals surface area contributed by atoms with Crippen molar-refractivity contribution in [1.29, 1.82) is 0 Å². The molecule has 25 heavy (non-hydrogen) atoms. The van der Waals surface area contributed by atoms with E-state index >= 15 is 0 Å². The molecule has 6 nitrogen and oxygen atoms in total. The van der Waals surface area contributed by atoms with E-state index in [1.165, 1.54) is 10.8 Å². The summed E-state index contributed by atoms with van der Waals surface area (Å²) in [5.41, 5.74) is 2.64. The molecule has 0 aliphatic rings. The molecule has 0 fully saturated rings. The van der Waals surface area contributed by atoms with Crippen LogP contribution in [0.2, 0.25) is 0 Å². The van der Waals surface area contributed by atoms with Gasteiger partial charge in [0.1, 0.15) is 6.54 Å². The van der Waals surface area contributed by atoms with Crippen LogP contribution >= 0.6 is 0 Å². The van der Waals surface area contributed by atoms with Crippen molar-refractivity contribution in [2.45, 2.75) is 19.6 Å². The molecular weight excluding hydrogens is 318 g/mol. The molecule has 0 spiro atoms. The molecule has 1 amide bonds. The van der Waals surface area contributed by atoms with Crippen molar-refractivity contribution in [3.05, 3.63) is 76.2 Å². The number of carbonyl (C=O) groups is 1. The molecule has 0 radical (unpaired) electrons. The summed E-state index contributed by atoms with van der Waals surface area (Å²) in [7, 11) is 0. The lowest BCUT2D eigenvalue weighted by atomic mass is 10.0. The molecule has 0 aliphatic heterocycles. The van der Waals surface area contributed by atoms with Gasteiger partial charge < -0.3 is 10.4 Å². The number of para-hydroxylation sites is 2. The SMILES string of the molecule is Cc1ccccc1C(O)CNC(=O)Cn1c(=O)cnc2ccccc21. The first-order valence-electron chi connectivity index (χ1n) is 8.01. The maximum absolute atomic E-state index is 12.2. The lowest BCUT2D eigenvalue weighted by Gasteiger charge is -2.15. The fourth-order valence-corrected chi connectivity index (χ4v) is 2.76. The topological polar surface area (TPSA) is 84.2 Å². The van der Waals surface area contributed by atoms with E-state index in [9.17, 15) is 14.7 Å². The van der Waals surface area contributed by atoms with Crippen LogP contribution in [-0.2, 0) is 11.3 Å². The molecule has 0 bridgehead atoms. The predicted octanol–water partition coefficient (Wildman–Crippen LogP) is 1.55. The van der Waals surface area contributed by atoms with E-state index in [1.54, 1.807) is 18.2 Å². The normalized spacial score (nSPS) is 12.1. The summed E-state index contributed by atoms with van der Waals surface area (Å²) in [6.07, 6.45) is 0.411. The number of aliphatic hydroxyl groups excluding tert-OH is 1. The minimum absolute atomic E-state index is 0.0848. The van der Waals surface area contributed by atoms with Gasteiger partial charge in [-0.05, 0) is 30.2 Å². The summed E-state index contributed by atoms with van der Waals surface area (Å²) >= 11 is 0. The first-order valence-corrected chi connectivity index (χ1v) is 8.01. The van der Waals surface area contributed by atoms with E-state index in [1.807, 2.05) is 37.3 Å². The Labute approximate surface area is 144 Å². The molecule has 1 heterocycles. The molecular formula is C19H19N3O3. The minimum Gasteiger partial charge on any atom is -0.387 e. The number of nitrogens with zero attached hydrogens (tertiary/aromatic N) is 2. The maximum Gasteiger partial charge on any atom is 0.269 e. The second-order valence-corrected chi connectivity index (χ2v) is 5.85. The zero-order valence-corrected chi connectivity index (χ0v) is 13.8. The number of aryl methyl sites for hydroxylation is 1. The van der Waals surface area contributed by atoms with Gasteiger partial charge in [-0.15, -0.1) is 0 Å². The van der Waals surface area contributed by atoms with Gasteiger partial charge in [-0.25, -0.2) is 4.98 Å². The van der Waals surface area contributed by atoms with Gasteiger partial charge in [-0.3, -0.25) is 14.2 Å². The number of hydrogen-bond donors (Lipinski definition) is 2. The van der Waals surface area contributed by atoms with Crippen LogP contribution in [0.5, 0.6) is 0 Å². The molecule has 1 atom stereocenters. The standard InChI is InChI=1S/C19H19N3O3/c1-13-6-2-3-7-14(13)17(23)10-21-18(24)12-22-16-9-5-4-8-15(16)20-11-19(22)25/h2-9,11,17,23H,10,12H2,1H3,(H,21,24). The van der Waals surface area contributed by atoms with Crippen LogP contribution in [0.25, 0.3) is 11.0 Å². The molecule has 0 saturated carbocycles. The highest BCUT2D eigenvalue weighted by atomic mass is 16.3. The van der Waals surface area contributed by atoms with Gasteiger partial charge in [0, 0.05) is 6.54 Å². The zero-order valence-electron chi connectivity index (χ0n) is 13.8. The first kappa shape index (κ1) is 16.9. The second kappa shape index (κ2) is 7.27. The van der Waals surface area contributed by atoms with E-state index < -0.39 is 6.10 Å². The number of nitrogens with one attached hydrogen (secondary N) is 1. The average Bonchev–Trinajstić information content (AvgIpc) is 2.62. The Morgan fingerprint density at radius 2 is 1.92 bits per heavy atom. The Bertz CT molecular complexity index is 965. The number of aliphatic hydroxyl groups is 1. The molecule has 1 unspecified atom stereocenters. The van der Waals surface area contributed by atoms with Crippen molar-refractivity contribution in [3.63, 3.8) is 0 Å². The third kappa shape index (κ3) is 3.75. The summed E-state index contributed by atoms with van der Waals surface area (Å²) in [5, 5.41) is 12.9. The number of hydrogen-bond acceptors (Lipinski definition) is 4. The monoisotopic (exact) mass is 337 g/mol. The number of carbonyl (C=O) groups excluding carboxylic acids is 1. The van der Waals surface area contributed by atoms with Crippen LogP contribution < -0.4 is 10.9 Å². The first-order chi connectivity index (χ1) is 12.1. The van der Waals surface area contributed by atoms with Crippen LogP contribution in [-0.4, -0.2) is 27.1 Å². The molecule has 2 aromatic carbocycles. The van der Waals surface area contributed by atoms with Crippen molar-refractivity contribution in [1.82, 2.24) is 14.9 Å². The van der Waals surface area contributed by atoms with E-state index in [-0.39, 0.29) is 24.6 Å². The number of benzene rings is 2. The molecule has 2 N–H and O–H groups in total. The number of amides is 1. The maximum atomic E-state index is 12.2.